The summed E-state index contributed by atoms with van der Waals surface area (Å²) in [5.41, 5.74) is 1.43. The molecule has 0 radical (unpaired) electrons. The third-order valence-electron chi connectivity index (χ3n) is 3.97. The fourth-order valence-electron chi connectivity index (χ4n) is 2.48. The zero-order valence-electron chi connectivity index (χ0n) is 17.5. The Kier molecular flexibility index (Phi) is 8.38. The molecule has 2 aromatic carbocycles. The maximum atomic E-state index is 12.3. The van der Waals surface area contributed by atoms with Gasteiger partial charge in [-0.3, -0.25) is 4.79 Å². The van der Waals surface area contributed by atoms with E-state index >= 15 is 0 Å². The number of amides is 1. The van der Waals surface area contributed by atoms with Crippen molar-refractivity contribution in [2.24, 2.45) is 0 Å². The van der Waals surface area contributed by atoms with Crippen molar-refractivity contribution in [2.75, 3.05) is 25.5 Å². The van der Waals surface area contributed by atoms with Crippen molar-refractivity contribution >= 4 is 46.6 Å². The molecular weight excluding hydrogens is 427 g/mol. The lowest BCUT2D eigenvalue weighted by Gasteiger charge is -2.24. The number of carbonyl (C=O) groups is 2. The van der Waals surface area contributed by atoms with Crippen LogP contribution >= 0.6 is 23.2 Å². The quantitative estimate of drug-likeness (QED) is 0.546. The molecule has 2 aromatic rings. The zero-order chi connectivity index (χ0) is 22.3. The fourth-order valence-corrected chi connectivity index (χ4v) is 2.97. The summed E-state index contributed by atoms with van der Waals surface area (Å²) in [6.07, 6.45) is -0.411. The van der Waals surface area contributed by atoms with Gasteiger partial charge in [-0.25, -0.2) is 4.79 Å². The van der Waals surface area contributed by atoms with E-state index < -0.39 is 17.7 Å². The summed E-state index contributed by atoms with van der Waals surface area (Å²) < 4.78 is 10.5. The Labute approximate surface area is 187 Å². The summed E-state index contributed by atoms with van der Waals surface area (Å²) in [4.78, 5) is 25.6. The Morgan fingerprint density at radius 2 is 1.67 bits per heavy atom. The molecule has 0 saturated heterocycles. The van der Waals surface area contributed by atoms with Crippen molar-refractivity contribution in [1.29, 1.82) is 0 Å². The lowest BCUT2D eigenvalue weighted by molar-refractivity contribution is -0.143. The lowest BCUT2D eigenvalue weighted by atomic mass is 10.1. The van der Waals surface area contributed by atoms with Crippen LogP contribution in [0.15, 0.2) is 42.5 Å². The molecule has 8 heteroatoms. The number of para-hydroxylation sites is 2. The zero-order valence-corrected chi connectivity index (χ0v) is 19.0. The SMILES string of the molecule is CN(CCOC(=O)Cc1ccccc1Nc1c(Cl)cccc1Cl)C(=O)OC(C)(C)C. The van der Waals surface area contributed by atoms with Crippen LogP contribution < -0.4 is 5.32 Å². The average Bonchev–Trinajstić information content (AvgIpc) is 2.64. The van der Waals surface area contributed by atoms with Crippen molar-refractivity contribution in [3.63, 3.8) is 0 Å². The van der Waals surface area contributed by atoms with Gasteiger partial charge in [0.05, 0.1) is 28.7 Å². The van der Waals surface area contributed by atoms with Crippen LogP contribution in [0, 0.1) is 0 Å². The first-order valence-electron chi connectivity index (χ1n) is 9.45. The van der Waals surface area contributed by atoms with Crippen molar-refractivity contribution in [3.05, 3.63) is 58.1 Å². The van der Waals surface area contributed by atoms with Crippen molar-refractivity contribution in [3.8, 4) is 0 Å². The van der Waals surface area contributed by atoms with Crippen LogP contribution in [0.2, 0.25) is 10.0 Å². The van der Waals surface area contributed by atoms with E-state index in [4.69, 9.17) is 32.7 Å². The van der Waals surface area contributed by atoms with Crippen molar-refractivity contribution in [2.45, 2.75) is 32.8 Å². The number of nitrogens with one attached hydrogen (secondary N) is 1. The summed E-state index contributed by atoms with van der Waals surface area (Å²) in [5, 5.41) is 4.14. The monoisotopic (exact) mass is 452 g/mol. The second-order valence-corrected chi connectivity index (χ2v) is 8.49. The smallest absolute Gasteiger partial charge is 0.410 e. The lowest BCUT2D eigenvalue weighted by Crippen LogP contribution is -2.36. The maximum Gasteiger partial charge on any atom is 0.410 e. The van der Waals surface area contributed by atoms with Gasteiger partial charge in [-0.1, -0.05) is 47.5 Å². The summed E-state index contributed by atoms with van der Waals surface area (Å²) in [6.45, 7) is 5.68. The third-order valence-corrected chi connectivity index (χ3v) is 4.60. The number of hydrogen-bond acceptors (Lipinski definition) is 5. The molecule has 2 rings (SSSR count). The topological polar surface area (TPSA) is 67.9 Å². The Morgan fingerprint density at radius 3 is 2.30 bits per heavy atom. The number of likely N-dealkylation sites (N-methyl/N-ethyl adjacent to an activating group) is 1. The van der Waals surface area contributed by atoms with E-state index in [1.165, 1.54) is 4.90 Å². The molecule has 0 atom stereocenters. The van der Waals surface area contributed by atoms with Crippen LogP contribution in [0.5, 0.6) is 0 Å². The van der Waals surface area contributed by atoms with Gasteiger partial charge < -0.3 is 19.7 Å². The highest BCUT2D eigenvalue weighted by molar-refractivity contribution is 6.39. The number of nitrogens with zero attached hydrogens (tertiary/aromatic N) is 1. The van der Waals surface area contributed by atoms with Crippen LogP contribution in [0.25, 0.3) is 0 Å². The minimum atomic E-state index is -0.580. The van der Waals surface area contributed by atoms with Gasteiger partial charge in [0, 0.05) is 12.7 Å². The van der Waals surface area contributed by atoms with E-state index in [2.05, 4.69) is 5.32 Å². The number of ether oxygens (including phenoxy) is 2. The third kappa shape index (κ3) is 7.43. The van der Waals surface area contributed by atoms with Crippen molar-refractivity contribution in [1.82, 2.24) is 4.90 Å². The standard InChI is InChI=1S/C22H26Cl2N2O4/c1-22(2,3)30-21(28)26(4)12-13-29-19(27)14-15-8-5-6-11-18(15)25-20-16(23)9-7-10-17(20)24/h5-11,25H,12-14H2,1-4H3. The predicted octanol–water partition coefficient (Wildman–Crippen LogP) is 5.69. The summed E-state index contributed by atoms with van der Waals surface area (Å²) in [6, 6.07) is 12.5. The van der Waals surface area contributed by atoms with E-state index in [-0.39, 0.29) is 19.6 Å². The molecule has 30 heavy (non-hydrogen) atoms. The number of halogens is 2. The number of carbonyl (C=O) groups excluding carboxylic acids is 2. The highest BCUT2D eigenvalue weighted by atomic mass is 35.5. The van der Waals surface area contributed by atoms with Crippen LogP contribution in [-0.4, -0.2) is 42.8 Å². The summed E-state index contributed by atoms with van der Waals surface area (Å²) in [5.74, 6) is -0.410. The highest BCUT2D eigenvalue weighted by Gasteiger charge is 2.19. The van der Waals surface area contributed by atoms with Gasteiger partial charge in [-0.15, -0.1) is 0 Å². The Morgan fingerprint density at radius 1 is 1.03 bits per heavy atom. The molecule has 0 aliphatic heterocycles. The first kappa shape index (κ1) is 23.8. The second kappa shape index (κ2) is 10.5. The largest absolute Gasteiger partial charge is 0.464 e. The number of benzene rings is 2. The Bertz CT molecular complexity index is 877. The van der Waals surface area contributed by atoms with Gasteiger partial charge >= 0.3 is 12.1 Å². The maximum absolute atomic E-state index is 12.3. The highest BCUT2D eigenvalue weighted by Crippen LogP contribution is 2.33. The van der Waals surface area contributed by atoms with E-state index in [0.717, 1.165) is 5.56 Å². The second-order valence-electron chi connectivity index (χ2n) is 7.68. The minimum Gasteiger partial charge on any atom is -0.464 e. The molecule has 0 unspecified atom stereocenters. The van der Waals surface area contributed by atoms with E-state index in [9.17, 15) is 9.59 Å². The van der Waals surface area contributed by atoms with E-state index in [1.54, 1.807) is 46.0 Å². The predicted molar refractivity (Wildman–Crippen MR) is 120 cm³/mol. The molecule has 6 nitrogen and oxygen atoms in total. The van der Waals surface area contributed by atoms with Crippen LogP contribution in [0.3, 0.4) is 0 Å². The van der Waals surface area contributed by atoms with Gasteiger partial charge in [0.2, 0.25) is 0 Å². The molecule has 0 saturated carbocycles. The van der Waals surface area contributed by atoms with Gasteiger partial charge in [0.15, 0.2) is 0 Å². The first-order chi connectivity index (χ1) is 14.1. The normalized spacial score (nSPS) is 11.0. The van der Waals surface area contributed by atoms with Gasteiger partial charge in [0.1, 0.15) is 12.2 Å². The van der Waals surface area contributed by atoms with Crippen LogP contribution in [-0.2, 0) is 20.7 Å². The molecule has 162 valence electrons. The minimum absolute atomic E-state index is 0.0569. The average molecular weight is 453 g/mol. The molecule has 0 aliphatic rings. The van der Waals surface area contributed by atoms with E-state index in [1.807, 2.05) is 24.3 Å². The van der Waals surface area contributed by atoms with Crippen LogP contribution in [0.4, 0.5) is 16.2 Å². The molecule has 0 aliphatic carbocycles. The molecule has 1 N–H and O–H groups in total. The molecule has 0 heterocycles. The molecule has 0 spiro atoms. The number of anilines is 2. The van der Waals surface area contributed by atoms with Gasteiger partial charge in [-0.05, 0) is 44.5 Å². The number of rotatable bonds is 7. The molecular formula is C22H26Cl2N2O4. The first-order valence-corrected chi connectivity index (χ1v) is 10.2. The summed E-state index contributed by atoms with van der Waals surface area (Å²) >= 11 is 12.4. The molecule has 1 amide bonds. The van der Waals surface area contributed by atoms with Crippen molar-refractivity contribution < 1.29 is 19.1 Å². The van der Waals surface area contributed by atoms with Crippen LogP contribution in [0.1, 0.15) is 26.3 Å². The van der Waals surface area contributed by atoms with E-state index in [0.29, 0.717) is 21.4 Å². The molecule has 0 aromatic heterocycles. The number of esters is 1. The Hall–Kier alpha value is -2.44. The Balaban J connectivity index is 1.93. The summed E-state index contributed by atoms with van der Waals surface area (Å²) in [7, 11) is 1.59. The number of hydrogen-bond donors (Lipinski definition) is 1. The molecule has 0 bridgehead atoms. The van der Waals surface area contributed by atoms with Gasteiger partial charge in [0.25, 0.3) is 0 Å². The fraction of sp³-hybridized carbons (Fsp3) is 0.364. The molecule has 0 fully saturated rings. The van der Waals surface area contributed by atoms with Gasteiger partial charge in [-0.2, -0.15) is 0 Å².